The number of hydrogen-bond donors (Lipinski definition) is 1. The Balaban J connectivity index is 1.98. The molecule has 0 saturated heterocycles. The van der Waals surface area contributed by atoms with E-state index in [-0.39, 0.29) is 5.91 Å². The Morgan fingerprint density at radius 1 is 1.53 bits per heavy atom. The predicted octanol–water partition coefficient (Wildman–Crippen LogP) is 2.54. The molecular formula is C11H10BrN3OS. The van der Waals surface area contributed by atoms with Gasteiger partial charge in [-0.15, -0.1) is 11.3 Å². The first-order chi connectivity index (χ1) is 8.15. The van der Waals surface area contributed by atoms with Crippen molar-refractivity contribution in [1.29, 1.82) is 0 Å². The third kappa shape index (κ3) is 3.34. The van der Waals surface area contributed by atoms with Crippen LogP contribution in [0.15, 0.2) is 28.3 Å². The molecule has 0 unspecified atom stereocenters. The molecule has 2 aromatic rings. The normalized spacial score (nSPS) is 10.2. The maximum atomic E-state index is 11.8. The molecule has 0 fully saturated rings. The fourth-order valence-electron chi connectivity index (χ4n) is 1.30. The Hall–Kier alpha value is -1.27. The van der Waals surface area contributed by atoms with Gasteiger partial charge in [-0.3, -0.25) is 9.78 Å². The maximum absolute atomic E-state index is 11.8. The lowest BCUT2D eigenvalue weighted by molar-refractivity contribution is 0.0950. The third-order valence-electron chi connectivity index (χ3n) is 2.06. The van der Waals surface area contributed by atoms with Crippen LogP contribution in [0.3, 0.4) is 0 Å². The highest BCUT2D eigenvalue weighted by Gasteiger charge is 2.07. The van der Waals surface area contributed by atoms with Crippen LogP contribution in [-0.2, 0) is 6.54 Å². The van der Waals surface area contributed by atoms with Gasteiger partial charge < -0.3 is 5.32 Å². The molecule has 2 aromatic heterocycles. The Morgan fingerprint density at radius 3 is 3.00 bits per heavy atom. The van der Waals surface area contributed by atoms with Crippen molar-refractivity contribution in [3.63, 3.8) is 0 Å². The summed E-state index contributed by atoms with van der Waals surface area (Å²) < 4.78 is 0.787. The summed E-state index contributed by atoms with van der Waals surface area (Å²) in [5.74, 6) is -0.149. The highest BCUT2D eigenvalue weighted by Crippen LogP contribution is 2.10. The third-order valence-corrected chi connectivity index (χ3v) is 3.32. The molecule has 6 heteroatoms. The summed E-state index contributed by atoms with van der Waals surface area (Å²) in [5, 5.41) is 5.74. The van der Waals surface area contributed by atoms with Crippen LogP contribution >= 0.6 is 27.3 Å². The molecule has 0 radical (unpaired) electrons. The number of carbonyl (C=O) groups excluding carboxylic acids is 1. The highest BCUT2D eigenvalue weighted by atomic mass is 79.9. The van der Waals surface area contributed by atoms with Crippen molar-refractivity contribution >= 4 is 33.2 Å². The Morgan fingerprint density at radius 2 is 2.35 bits per heavy atom. The molecule has 0 aromatic carbocycles. The van der Waals surface area contributed by atoms with E-state index in [0.717, 1.165) is 15.2 Å². The molecule has 1 N–H and O–H groups in total. The van der Waals surface area contributed by atoms with E-state index in [0.29, 0.717) is 12.1 Å². The van der Waals surface area contributed by atoms with E-state index in [4.69, 9.17) is 0 Å². The van der Waals surface area contributed by atoms with Gasteiger partial charge in [0.25, 0.3) is 5.91 Å². The van der Waals surface area contributed by atoms with Gasteiger partial charge in [-0.25, -0.2) is 4.98 Å². The molecule has 1 amide bonds. The number of aryl methyl sites for hydroxylation is 1. The smallest absolute Gasteiger partial charge is 0.253 e. The minimum Gasteiger partial charge on any atom is -0.346 e. The highest BCUT2D eigenvalue weighted by molar-refractivity contribution is 9.10. The van der Waals surface area contributed by atoms with Gasteiger partial charge in [-0.1, -0.05) is 0 Å². The monoisotopic (exact) mass is 311 g/mol. The van der Waals surface area contributed by atoms with Gasteiger partial charge in [-0.2, -0.15) is 0 Å². The number of rotatable bonds is 3. The van der Waals surface area contributed by atoms with E-state index in [9.17, 15) is 4.79 Å². The molecule has 0 spiro atoms. The van der Waals surface area contributed by atoms with E-state index < -0.39 is 0 Å². The van der Waals surface area contributed by atoms with Gasteiger partial charge in [0.2, 0.25) is 0 Å². The van der Waals surface area contributed by atoms with Gasteiger partial charge in [0.15, 0.2) is 0 Å². The second-order valence-corrected chi connectivity index (χ2v) is 5.41. The van der Waals surface area contributed by atoms with Crippen LogP contribution in [0.5, 0.6) is 0 Å². The zero-order chi connectivity index (χ0) is 12.3. The lowest BCUT2D eigenvalue weighted by Gasteiger charge is -2.03. The quantitative estimate of drug-likeness (QED) is 0.947. The lowest BCUT2D eigenvalue weighted by Crippen LogP contribution is -2.23. The number of hydrogen-bond acceptors (Lipinski definition) is 4. The first-order valence-corrected chi connectivity index (χ1v) is 6.62. The Kier molecular flexibility index (Phi) is 3.86. The number of thiazole rings is 1. The van der Waals surface area contributed by atoms with Crippen LogP contribution in [0.1, 0.15) is 21.1 Å². The van der Waals surface area contributed by atoms with Gasteiger partial charge in [0.1, 0.15) is 0 Å². The molecule has 2 rings (SSSR count). The van der Waals surface area contributed by atoms with Gasteiger partial charge in [0, 0.05) is 22.2 Å². The summed E-state index contributed by atoms with van der Waals surface area (Å²) in [6.45, 7) is 2.38. The van der Waals surface area contributed by atoms with E-state index >= 15 is 0 Å². The summed E-state index contributed by atoms with van der Waals surface area (Å²) in [7, 11) is 0. The van der Waals surface area contributed by atoms with Crippen LogP contribution in [-0.4, -0.2) is 15.9 Å². The number of amides is 1. The lowest BCUT2D eigenvalue weighted by atomic mass is 10.2. The molecule has 0 aliphatic carbocycles. The first kappa shape index (κ1) is 12.2. The number of nitrogens with one attached hydrogen (secondary N) is 1. The predicted molar refractivity (Wildman–Crippen MR) is 70.0 cm³/mol. The molecule has 0 saturated carbocycles. The second-order valence-electron chi connectivity index (χ2n) is 3.43. The van der Waals surface area contributed by atoms with Crippen molar-refractivity contribution in [2.75, 3.05) is 0 Å². The Bertz CT molecular complexity index is 541. The van der Waals surface area contributed by atoms with E-state index in [2.05, 4.69) is 31.2 Å². The Labute approximate surface area is 111 Å². The van der Waals surface area contributed by atoms with Crippen molar-refractivity contribution in [1.82, 2.24) is 15.3 Å². The fraction of sp³-hybridized carbons (Fsp3) is 0.182. The molecule has 4 nitrogen and oxygen atoms in total. The zero-order valence-electron chi connectivity index (χ0n) is 9.11. The minimum absolute atomic E-state index is 0.149. The summed E-state index contributed by atoms with van der Waals surface area (Å²) in [6, 6.07) is 1.73. The summed E-state index contributed by atoms with van der Waals surface area (Å²) in [5.41, 5.74) is 1.41. The van der Waals surface area contributed by atoms with Gasteiger partial charge >= 0.3 is 0 Å². The average molecular weight is 312 g/mol. The largest absolute Gasteiger partial charge is 0.346 e. The molecule has 2 heterocycles. The second kappa shape index (κ2) is 5.37. The molecule has 88 valence electrons. The summed E-state index contributed by atoms with van der Waals surface area (Å²) in [4.78, 5) is 20.0. The number of carbonyl (C=O) groups is 1. The molecular weight excluding hydrogens is 302 g/mol. The summed E-state index contributed by atoms with van der Waals surface area (Å²) in [6.07, 6.45) is 3.17. The van der Waals surface area contributed by atoms with Crippen molar-refractivity contribution in [3.05, 3.63) is 44.6 Å². The maximum Gasteiger partial charge on any atom is 0.253 e. The number of halogens is 1. The average Bonchev–Trinajstić information content (AvgIpc) is 2.72. The topological polar surface area (TPSA) is 54.9 Å². The van der Waals surface area contributed by atoms with Gasteiger partial charge in [-0.05, 0) is 28.9 Å². The van der Waals surface area contributed by atoms with E-state index in [1.165, 1.54) is 6.20 Å². The number of pyridine rings is 1. The molecule has 0 aliphatic heterocycles. The molecule has 17 heavy (non-hydrogen) atoms. The van der Waals surface area contributed by atoms with Crippen molar-refractivity contribution in [3.8, 4) is 0 Å². The van der Waals surface area contributed by atoms with Crippen molar-refractivity contribution in [2.45, 2.75) is 13.5 Å². The zero-order valence-corrected chi connectivity index (χ0v) is 11.5. The molecule has 0 bridgehead atoms. The van der Waals surface area contributed by atoms with Crippen LogP contribution in [0.2, 0.25) is 0 Å². The van der Waals surface area contributed by atoms with Crippen molar-refractivity contribution < 1.29 is 4.79 Å². The standard InChI is InChI=1S/C11H10BrN3OS/c1-7-15-10(6-17-7)5-14-11(16)8-2-9(12)4-13-3-8/h2-4,6H,5H2,1H3,(H,14,16). The van der Waals surface area contributed by atoms with Crippen molar-refractivity contribution in [2.24, 2.45) is 0 Å². The van der Waals surface area contributed by atoms with Crippen LogP contribution in [0.4, 0.5) is 0 Å². The van der Waals surface area contributed by atoms with Crippen LogP contribution < -0.4 is 5.32 Å². The molecule has 0 aliphatic rings. The molecule has 0 atom stereocenters. The van der Waals surface area contributed by atoms with E-state index in [1.807, 2.05) is 12.3 Å². The van der Waals surface area contributed by atoms with Crippen LogP contribution in [0.25, 0.3) is 0 Å². The van der Waals surface area contributed by atoms with Crippen LogP contribution in [0, 0.1) is 6.92 Å². The minimum atomic E-state index is -0.149. The number of aromatic nitrogens is 2. The number of nitrogens with zero attached hydrogens (tertiary/aromatic N) is 2. The summed E-state index contributed by atoms with van der Waals surface area (Å²) >= 11 is 4.85. The van der Waals surface area contributed by atoms with Gasteiger partial charge in [0.05, 0.1) is 22.8 Å². The SMILES string of the molecule is Cc1nc(CNC(=O)c2cncc(Br)c2)cs1. The fourth-order valence-corrected chi connectivity index (χ4v) is 2.28. The van der Waals surface area contributed by atoms with E-state index in [1.54, 1.807) is 23.6 Å². The first-order valence-electron chi connectivity index (χ1n) is 4.95.